The number of anilines is 1. The number of nitrogens with zero attached hydrogens (tertiary/aromatic N) is 3. The van der Waals surface area contributed by atoms with E-state index in [1.54, 1.807) is 20.8 Å². The van der Waals surface area contributed by atoms with Crippen LogP contribution < -0.4 is 15.8 Å². The number of carboxylic acids is 1. The molecule has 0 unspecified atom stereocenters. The zero-order valence-electron chi connectivity index (χ0n) is 20.9. The van der Waals surface area contributed by atoms with E-state index in [0.717, 1.165) is 12.3 Å². The number of carbonyl (C=O) groups excluding carboxylic acids is 1. The van der Waals surface area contributed by atoms with Gasteiger partial charge in [-0.05, 0) is 39.7 Å². The summed E-state index contributed by atoms with van der Waals surface area (Å²) in [7, 11) is 1.41. The number of benzene rings is 1. The molecule has 37 heavy (non-hydrogen) atoms. The monoisotopic (exact) mass is 518 g/mol. The van der Waals surface area contributed by atoms with Crippen LogP contribution in [-0.4, -0.2) is 59.0 Å². The molecule has 2 fully saturated rings. The summed E-state index contributed by atoms with van der Waals surface area (Å²) in [5, 5.41) is 9.12. The molecule has 0 atom stereocenters. The number of nitrogens with one attached hydrogen (secondary N) is 1. The number of likely N-dealkylation sites (tertiary alicyclic amines) is 1. The quantitative estimate of drug-likeness (QED) is 0.580. The first-order chi connectivity index (χ1) is 17.3. The van der Waals surface area contributed by atoms with Gasteiger partial charge in [-0.2, -0.15) is 0 Å². The maximum absolute atomic E-state index is 16.1. The van der Waals surface area contributed by atoms with Gasteiger partial charge in [-0.1, -0.05) is 0 Å². The van der Waals surface area contributed by atoms with Crippen LogP contribution in [0.25, 0.3) is 10.9 Å². The fourth-order valence-electron chi connectivity index (χ4n) is 5.04. The fraction of sp³-hybridized carbons (Fsp3) is 0.480. The zero-order chi connectivity index (χ0) is 26.9. The number of halogens is 2. The van der Waals surface area contributed by atoms with Gasteiger partial charge in [0.1, 0.15) is 16.9 Å². The molecule has 198 valence electrons. The van der Waals surface area contributed by atoms with Crippen molar-refractivity contribution >= 4 is 28.7 Å². The molecule has 1 spiro atoms. The number of hydroxylamine groups is 1. The van der Waals surface area contributed by atoms with Crippen LogP contribution in [0, 0.1) is 17.0 Å². The highest BCUT2D eigenvalue weighted by molar-refractivity contribution is 5.94. The summed E-state index contributed by atoms with van der Waals surface area (Å²) in [5.74, 6) is -3.41. The summed E-state index contributed by atoms with van der Waals surface area (Å²) < 4.78 is 38.3. The molecule has 12 heteroatoms. The predicted octanol–water partition coefficient (Wildman–Crippen LogP) is 3.36. The van der Waals surface area contributed by atoms with Crippen molar-refractivity contribution in [2.75, 3.05) is 31.6 Å². The van der Waals surface area contributed by atoms with E-state index in [9.17, 15) is 19.5 Å². The first kappa shape index (κ1) is 25.0. The average Bonchev–Trinajstić information content (AvgIpc) is 3.53. The van der Waals surface area contributed by atoms with Crippen molar-refractivity contribution < 1.29 is 33.1 Å². The Balaban J connectivity index is 1.54. The maximum atomic E-state index is 16.1. The van der Waals surface area contributed by atoms with E-state index in [1.807, 2.05) is 0 Å². The molecule has 1 saturated heterocycles. The number of ether oxygens (including phenoxy) is 1. The molecule has 5 rings (SSSR count). The molecule has 10 nitrogen and oxygen atoms in total. The topological polar surface area (TPSA) is 113 Å². The number of hydrogen-bond donors (Lipinski definition) is 2. The van der Waals surface area contributed by atoms with Crippen molar-refractivity contribution in [2.45, 2.75) is 45.3 Å². The van der Waals surface area contributed by atoms with Crippen LogP contribution in [-0.2, 0) is 9.57 Å². The molecule has 3 heterocycles. The van der Waals surface area contributed by atoms with Crippen LogP contribution in [0.1, 0.15) is 50.0 Å². The average molecular weight is 519 g/mol. The highest BCUT2D eigenvalue weighted by Gasteiger charge is 2.54. The number of pyridine rings is 1. The second-order valence-corrected chi connectivity index (χ2v) is 10.8. The van der Waals surface area contributed by atoms with Crippen molar-refractivity contribution in [3.05, 3.63) is 51.6 Å². The Hall–Kier alpha value is -3.67. The van der Waals surface area contributed by atoms with Crippen LogP contribution in [0.2, 0.25) is 0 Å². The molecule has 0 bridgehead atoms. The second kappa shape index (κ2) is 8.44. The lowest BCUT2D eigenvalue weighted by atomic mass is 9.78. The Morgan fingerprint density at radius 2 is 1.86 bits per heavy atom. The minimum Gasteiger partial charge on any atom is -0.477 e. The molecule has 1 aromatic carbocycles. The Bertz CT molecular complexity index is 1400. The van der Waals surface area contributed by atoms with Crippen LogP contribution in [0.3, 0.4) is 0 Å². The Morgan fingerprint density at radius 3 is 2.43 bits per heavy atom. The van der Waals surface area contributed by atoms with Gasteiger partial charge in [-0.3, -0.25) is 15.1 Å². The Labute approximate surface area is 211 Å². The number of rotatable bonds is 5. The third-order valence-electron chi connectivity index (χ3n) is 6.82. The van der Waals surface area contributed by atoms with Crippen molar-refractivity contribution in [3.8, 4) is 0 Å². The molecule has 3 aliphatic rings. The molecule has 1 saturated carbocycles. The van der Waals surface area contributed by atoms with Gasteiger partial charge in [0.15, 0.2) is 11.6 Å². The van der Waals surface area contributed by atoms with Gasteiger partial charge in [0.25, 0.3) is 0 Å². The number of amides is 1. The van der Waals surface area contributed by atoms with E-state index in [-0.39, 0.29) is 42.3 Å². The number of carbonyl (C=O) groups is 2. The van der Waals surface area contributed by atoms with Gasteiger partial charge in [0, 0.05) is 38.1 Å². The number of carboxylic acid groups (broad SMARTS) is 1. The van der Waals surface area contributed by atoms with E-state index in [2.05, 4.69) is 5.48 Å². The largest absolute Gasteiger partial charge is 0.477 e. The number of aromatic nitrogens is 1. The molecular weight excluding hydrogens is 490 g/mol. The van der Waals surface area contributed by atoms with E-state index in [1.165, 1.54) is 27.7 Å². The standard InChI is InChI=1S/C25H28F2N4O6/c1-24(2,3)37-23(35)30-11-25(12-30)10-29(9-17(25)28-36-4)20-16(26)7-14-19(18(20)27)31(13-5-6-13)8-15(21(14)32)22(33)34/h7-9,13,28H,5-6,10-12H2,1-4H3,(H,33,34). The lowest BCUT2D eigenvalue weighted by molar-refractivity contribution is -0.0267. The predicted molar refractivity (Wildman–Crippen MR) is 129 cm³/mol. The summed E-state index contributed by atoms with van der Waals surface area (Å²) >= 11 is 0. The summed E-state index contributed by atoms with van der Waals surface area (Å²) in [6.45, 7) is 5.92. The van der Waals surface area contributed by atoms with Gasteiger partial charge >= 0.3 is 12.1 Å². The van der Waals surface area contributed by atoms with Gasteiger partial charge in [-0.25, -0.2) is 18.4 Å². The normalized spacial score (nSPS) is 18.7. The van der Waals surface area contributed by atoms with Gasteiger partial charge < -0.3 is 24.2 Å². The summed E-state index contributed by atoms with van der Waals surface area (Å²) in [6, 6.07) is 0.728. The molecule has 1 aromatic heterocycles. The molecule has 2 aromatic rings. The third kappa shape index (κ3) is 4.18. The maximum Gasteiger partial charge on any atom is 0.410 e. The number of aromatic carboxylic acids is 1. The first-order valence-corrected chi connectivity index (χ1v) is 11.9. The van der Waals surface area contributed by atoms with E-state index in [4.69, 9.17) is 9.57 Å². The minimum absolute atomic E-state index is 0.131. The van der Waals surface area contributed by atoms with Crippen LogP contribution in [0.15, 0.2) is 29.0 Å². The SMILES string of the molecule is CONC1=CN(c2c(F)cc3c(=O)c(C(=O)O)cn(C4CC4)c3c2F)CC12CN(C(=O)OC(C)(C)C)C2. The Morgan fingerprint density at radius 1 is 1.19 bits per heavy atom. The van der Waals surface area contributed by atoms with Crippen molar-refractivity contribution in [3.63, 3.8) is 0 Å². The van der Waals surface area contributed by atoms with Crippen LogP contribution in [0.5, 0.6) is 0 Å². The highest BCUT2D eigenvalue weighted by Crippen LogP contribution is 2.46. The van der Waals surface area contributed by atoms with E-state index in [0.29, 0.717) is 18.5 Å². The van der Waals surface area contributed by atoms with Crippen LogP contribution >= 0.6 is 0 Å². The summed E-state index contributed by atoms with van der Waals surface area (Å²) in [6.07, 6.45) is 3.56. The summed E-state index contributed by atoms with van der Waals surface area (Å²) in [5.41, 5.74) is -0.0129. The van der Waals surface area contributed by atoms with E-state index < -0.39 is 45.7 Å². The lowest BCUT2D eigenvalue weighted by Gasteiger charge is -2.49. The molecule has 2 N–H and O–H groups in total. The molecule has 1 aliphatic carbocycles. The molecule has 0 radical (unpaired) electrons. The molecule has 1 amide bonds. The third-order valence-corrected chi connectivity index (χ3v) is 6.82. The highest BCUT2D eigenvalue weighted by atomic mass is 19.1. The zero-order valence-corrected chi connectivity index (χ0v) is 20.9. The van der Waals surface area contributed by atoms with Crippen molar-refractivity contribution in [2.24, 2.45) is 5.41 Å². The Kier molecular flexibility index (Phi) is 5.70. The van der Waals surface area contributed by atoms with Crippen molar-refractivity contribution in [1.82, 2.24) is 14.9 Å². The lowest BCUT2D eigenvalue weighted by Crippen LogP contribution is -2.62. The first-order valence-electron chi connectivity index (χ1n) is 11.9. The second-order valence-electron chi connectivity index (χ2n) is 10.8. The van der Waals surface area contributed by atoms with E-state index >= 15 is 8.78 Å². The summed E-state index contributed by atoms with van der Waals surface area (Å²) in [4.78, 5) is 44.8. The molecular formula is C25H28F2N4O6. The number of fused-ring (bicyclic) bond motifs is 1. The van der Waals surface area contributed by atoms with Crippen molar-refractivity contribution in [1.29, 1.82) is 0 Å². The van der Waals surface area contributed by atoms with Gasteiger partial charge in [0.05, 0.1) is 29.1 Å². The molecule has 2 aliphatic heterocycles. The fourth-order valence-corrected chi connectivity index (χ4v) is 5.04. The smallest absolute Gasteiger partial charge is 0.410 e. The minimum atomic E-state index is -1.45. The van der Waals surface area contributed by atoms with Crippen LogP contribution in [0.4, 0.5) is 19.3 Å². The van der Waals surface area contributed by atoms with Gasteiger partial charge in [-0.15, -0.1) is 0 Å². The number of hydrogen-bond acceptors (Lipinski definition) is 7. The van der Waals surface area contributed by atoms with Gasteiger partial charge in [0.2, 0.25) is 5.43 Å².